The summed E-state index contributed by atoms with van der Waals surface area (Å²) in [5, 5.41) is 45.7. The number of rotatable bonds is 23. The van der Waals surface area contributed by atoms with Crippen molar-refractivity contribution < 1.29 is 77.7 Å². The lowest BCUT2D eigenvalue weighted by molar-refractivity contribution is -0.119. The van der Waals surface area contributed by atoms with Crippen LogP contribution >= 0.6 is 11.3 Å². The molecule has 4 amide bonds. The van der Waals surface area contributed by atoms with Gasteiger partial charge in [-0.3, -0.25) is 39.6 Å². The maximum atomic E-state index is 14.4. The van der Waals surface area contributed by atoms with Gasteiger partial charge in [0.15, 0.2) is 52.0 Å². The molecule has 0 aliphatic heterocycles. The second-order valence-electron chi connectivity index (χ2n) is 26.6. The van der Waals surface area contributed by atoms with Gasteiger partial charge in [-0.15, -0.1) is 11.3 Å². The molecule has 2 aliphatic rings. The number of hydrogen-bond donors (Lipinski definition) is 9. The first-order valence-electron chi connectivity index (χ1n) is 35.8. The molecule has 116 heavy (non-hydrogen) atoms. The molecule has 8 aromatic carbocycles. The minimum atomic E-state index is -0.611. The zero-order valence-electron chi connectivity index (χ0n) is 62.3. The van der Waals surface area contributed by atoms with Crippen molar-refractivity contribution in [1.82, 2.24) is 46.1 Å². The second-order valence-corrected chi connectivity index (χ2v) is 27.6. The van der Waals surface area contributed by atoms with E-state index in [0.29, 0.717) is 84.3 Å². The van der Waals surface area contributed by atoms with E-state index in [-0.39, 0.29) is 75.7 Å². The fraction of sp³-hybridized carbons (Fsp3) is 0.153. The topological polar surface area (TPSA) is 293 Å². The summed E-state index contributed by atoms with van der Waals surface area (Å²) in [4.78, 5) is 49.7. The number of amides is 4. The van der Waals surface area contributed by atoms with Crippen LogP contribution in [0.3, 0.4) is 0 Å². The number of furan rings is 1. The largest absolute Gasteiger partial charge is 0.494 e. The molecule has 0 bridgehead atoms. The third kappa shape index (κ3) is 19.4. The number of nitrogens with zero attached hydrogens (tertiary/aromatic N) is 4. The third-order valence-electron chi connectivity index (χ3n) is 18.7. The summed E-state index contributed by atoms with van der Waals surface area (Å²) in [5.74, 6) is -4.24. The lowest BCUT2D eigenvalue weighted by Gasteiger charge is -2.14. The van der Waals surface area contributed by atoms with Gasteiger partial charge in [-0.25, -0.2) is 35.1 Å². The average Bonchev–Trinajstić information content (AvgIpc) is 1.62. The van der Waals surface area contributed by atoms with E-state index in [1.807, 2.05) is 17.5 Å². The number of benzene rings is 8. The Balaban J connectivity index is 0.000000135. The number of nitrogens with one attached hydrogen (secondary N) is 9. The molecule has 0 saturated heterocycles. The van der Waals surface area contributed by atoms with E-state index >= 15 is 0 Å². The zero-order valence-corrected chi connectivity index (χ0v) is 63.2. The molecule has 0 radical (unpaired) electrons. The standard InChI is InChI=1S/C22H17F2N3O2S.C21H20F2N4O2.C21H15F2N3O3.C21H19F2N3O2/c1-29-21-9-13(4-6-16(21)23)5-7-18-15-11-20(17(24)12-19(15)27-26-18)25-22(28)10-14-3-2-8-30-14;1-24-21(7-8-21)20(28)25-18-10-13-16(26-27-17(13)11-15(18)23)6-4-12-3-5-14(22)19(9-12)29-2;1-28-20-9-12(4-6-14(20)22)5-7-16-13-10-18(15(23)11-17(13)26-25-16)24-21(27)19-3-2-8-29-19;1-28-20-8-12(4-6-15(20)22)5-7-17-14-10-19(16(23)11-18(14)26-25-17)24-21(27)9-13-2-3-13/h2-9,11-12H,10H2,1H3,(H,25,28)(H,26,27);3-6,9-11,24H,7-8H2,1-2H3,(H,25,28)(H,26,27);2-11H,1H3,(H,24,27)(H,25,26);4-8,10-11,13H,2-3,9H2,1H3,(H,24,27)(H,25,26)/b7-5+;6-4+;2*7-5+. The van der Waals surface area contributed by atoms with Crippen LogP contribution in [0.1, 0.15) is 92.6 Å². The van der Waals surface area contributed by atoms with Crippen molar-refractivity contribution >= 4 is 150 Å². The average molecular weight is 1600 g/mol. The number of methoxy groups -OCH3 is 4. The molecule has 14 aromatic rings. The van der Waals surface area contributed by atoms with Crippen LogP contribution in [0.2, 0.25) is 0 Å². The maximum Gasteiger partial charge on any atom is 0.291 e. The number of anilines is 4. The Morgan fingerprint density at radius 1 is 0.448 bits per heavy atom. The number of likely N-dealkylation sites (N-methyl/N-ethyl adjacent to an activating group) is 1. The number of hydrogen-bond acceptors (Lipinski definition) is 15. The molecule has 22 nitrogen and oxygen atoms in total. The summed E-state index contributed by atoms with van der Waals surface area (Å²) < 4.78 is 137. The van der Waals surface area contributed by atoms with E-state index in [1.54, 1.807) is 128 Å². The van der Waals surface area contributed by atoms with Gasteiger partial charge in [0.05, 0.1) is 114 Å². The zero-order chi connectivity index (χ0) is 81.7. The molecule has 6 heterocycles. The van der Waals surface area contributed by atoms with Crippen LogP contribution in [-0.4, -0.2) is 105 Å². The number of thiophene rings is 1. The number of aromatic amines is 4. The molecule has 9 N–H and O–H groups in total. The van der Waals surface area contributed by atoms with Crippen molar-refractivity contribution in [3.8, 4) is 23.0 Å². The highest BCUT2D eigenvalue weighted by Gasteiger charge is 2.48. The van der Waals surface area contributed by atoms with Crippen molar-refractivity contribution in [2.45, 2.75) is 44.1 Å². The summed E-state index contributed by atoms with van der Waals surface area (Å²) in [6.45, 7) is 0. The summed E-state index contributed by atoms with van der Waals surface area (Å²) >= 11 is 1.47. The molecule has 2 saturated carbocycles. The maximum absolute atomic E-state index is 14.4. The molecular weight excluding hydrogens is 1530 g/mol. The lowest BCUT2D eigenvalue weighted by Crippen LogP contribution is -2.40. The molecule has 6 aromatic heterocycles. The fourth-order valence-corrected chi connectivity index (χ4v) is 12.7. The first-order valence-corrected chi connectivity index (χ1v) is 36.7. The predicted molar refractivity (Wildman–Crippen MR) is 431 cm³/mol. The Hall–Kier alpha value is -13.9. The molecule has 16 rings (SSSR count). The summed E-state index contributed by atoms with van der Waals surface area (Å²) in [7, 11) is 7.31. The number of fused-ring (bicyclic) bond motifs is 4. The van der Waals surface area contributed by atoms with E-state index in [0.717, 1.165) is 47.3 Å². The third-order valence-corrected chi connectivity index (χ3v) is 19.6. The smallest absolute Gasteiger partial charge is 0.291 e. The molecular formula is C85H71F8N13O9S. The highest BCUT2D eigenvalue weighted by molar-refractivity contribution is 7.10. The molecule has 2 fully saturated rings. The highest BCUT2D eigenvalue weighted by atomic mass is 32.1. The Kier molecular flexibility index (Phi) is 24.7. The Bertz CT molecular complexity index is 6110. The van der Waals surface area contributed by atoms with Crippen molar-refractivity contribution in [3.05, 3.63) is 259 Å². The minimum Gasteiger partial charge on any atom is -0.494 e. The predicted octanol–water partition coefficient (Wildman–Crippen LogP) is 18.6. The van der Waals surface area contributed by atoms with E-state index in [1.165, 1.54) is 107 Å². The number of ether oxygens (including phenoxy) is 4. The van der Waals surface area contributed by atoms with Gasteiger partial charge in [0, 0.05) is 57.1 Å². The van der Waals surface area contributed by atoms with Crippen LogP contribution in [0.25, 0.3) is 92.2 Å². The van der Waals surface area contributed by atoms with E-state index in [9.17, 15) is 54.3 Å². The minimum absolute atomic E-state index is 0.00148. The number of carbonyl (C=O) groups excluding carboxylic acids is 4. The van der Waals surface area contributed by atoms with Gasteiger partial charge in [0.2, 0.25) is 17.7 Å². The highest BCUT2D eigenvalue weighted by Crippen LogP contribution is 2.38. The van der Waals surface area contributed by atoms with Crippen LogP contribution < -0.4 is 45.5 Å². The molecule has 0 unspecified atom stereocenters. The molecule has 592 valence electrons. The molecule has 2 aliphatic carbocycles. The van der Waals surface area contributed by atoms with E-state index < -0.39 is 58.0 Å². The van der Waals surface area contributed by atoms with Crippen LogP contribution in [0.5, 0.6) is 23.0 Å². The van der Waals surface area contributed by atoms with Crippen molar-refractivity contribution in [1.29, 1.82) is 0 Å². The number of carbonyl (C=O) groups is 4. The summed E-state index contributed by atoms with van der Waals surface area (Å²) in [6.07, 6.45) is 19.4. The first-order chi connectivity index (χ1) is 56.1. The lowest BCUT2D eigenvalue weighted by atomic mass is 10.1. The quantitative estimate of drug-likeness (QED) is 0.0269. The molecule has 31 heteroatoms. The van der Waals surface area contributed by atoms with E-state index in [2.05, 4.69) is 67.4 Å². The van der Waals surface area contributed by atoms with Gasteiger partial charge in [-0.2, -0.15) is 20.4 Å². The van der Waals surface area contributed by atoms with Gasteiger partial charge in [-0.1, -0.05) is 54.6 Å². The molecule has 0 spiro atoms. The van der Waals surface area contributed by atoms with Crippen LogP contribution in [0, 0.1) is 52.5 Å². The Morgan fingerprint density at radius 2 is 0.810 bits per heavy atom. The van der Waals surface area contributed by atoms with Crippen molar-refractivity contribution in [3.63, 3.8) is 0 Å². The van der Waals surface area contributed by atoms with Crippen molar-refractivity contribution in [2.75, 3.05) is 56.8 Å². The molecule has 0 atom stereocenters. The van der Waals surface area contributed by atoms with Gasteiger partial charge >= 0.3 is 0 Å². The second kappa shape index (κ2) is 35.8. The number of aromatic nitrogens is 8. The normalized spacial score (nSPS) is 12.9. The fourth-order valence-electron chi connectivity index (χ4n) is 12.0. The van der Waals surface area contributed by atoms with Gasteiger partial charge in [0.25, 0.3) is 5.91 Å². The number of halogens is 8. The summed E-state index contributed by atoms with van der Waals surface area (Å²) in [5.41, 5.74) is 6.81. The van der Waals surface area contributed by atoms with Crippen LogP contribution in [0.15, 0.2) is 162 Å². The van der Waals surface area contributed by atoms with Crippen molar-refractivity contribution in [2.24, 2.45) is 5.92 Å². The van der Waals surface area contributed by atoms with E-state index in [4.69, 9.17) is 23.4 Å². The van der Waals surface area contributed by atoms with Crippen LogP contribution in [0.4, 0.5) is 57.9 Å². The first kappa shape index (κ1) is 80.1. The monoisotopic (exact) mass is 1600 g/mol. The van der Waals surface area contributed by atoms with Gasteiger partial charge in [0.1, 0.15) is 23.3 Å². The Labute approximate surface area is 659 Å². The van der Waals surface area contributed by atoms with Gasteiger partial charge in [-0.05, 0) is 182 Å². The van der Waals surface area contributed by atoms with Crippen LogP contribution in [-0.2, 0) is 20.8 Å². The number of H-pyrrole nitrogens is 4. The Morgan fingerprint density at radius 3 is 1.13 bits per heavy atom. The van der Waals surface area contributed by atoms with Gasteiger partial charge < -0.3 is 49.9 Å². The summed E-state index contributed by atoms with van der Waals surface area (Å²) in [6, 6.07) is 36.0. The SMILES string of the molecule is CNC1(C(=O)Nc2cc3c(/C=C/c4ccc(F)c(OC)c4)n[nH]c3cc2F)CC1.COc1cc(/C=C/c2n[nH]c3cc(F)c(NC(=O)CC4CC4)cc23)ccc1F.COc1cc(/C=C/c2n[nH]c3cc(F)c(NC(=O)Cc4cccs4)cc23)ccc1F.COc1cc(/C=C/c2n[nH]c3cc(F)c(NC(=O)c4ccco4)cc23)ccc1F.